The van der Waals surface area contributed by atoms with Crippen molar-refractivity contribution in [3.8, 4) is 12.3 Å². The van der Waals surface area contributed by atoms with Gasteiger partial charge in [-0.25, -0.2) is 23.7 Å². The van der Waals surface area contributed by atoms with E-state index in [2.05, 4.69) is 29.5 Å². The van der Waals surface area contributed by atoms with Crippen molar-refractivity contribution < 1.29 is 61.4 Å². The Morgan fingerprint density at radius 2 is 1.91 bits per heavy atom. The van der Waals surface area contributed by atoms with Crippen LogP contribution in [-0.2, 0) is 31.6 Å². The summed E-state index contributed by atoms with van der Waals surface area (Å²) in [6, 6.07) is 0. The minimum atomic E-state index is -5.77. The van der Waals surface area contributed by atoms with Gasteiger partial charge in [-0.2, -0.15) is 13.6 Å². The molecule has 194 valence electrons. The highest BCUT2D eigenvalue weighted by Crippen LogP contribution is 2.67. The highest BCUT2D eigenvalue weighted by atomic mass is 31.3. The Bertz CT molecular complexity index is 1290. The molecule has 0 spiro atoms. The van der Waals surface area contributed by atoms with Crippen LogP contribution in [0.5, 0.6) is 0 Å². The predicted octanol–water partition coefficient (Wildman–Crippen LogP) is -0.990. The second-order valence-corrected chi connectivity index (χ2v) is 11.6. The van der Waals surface area contributed by atoms with Crippen LogP contribution in [0.4, 0.5) is 5.95 Å². The highest BCUT2D eigenvalue weighted by molar-refractivity contribution is 7.66. The number of aromatic nitrogens is 4. The number of hydrogen-bond acceptors (Lipinski definition) is 13. The number of ether oxygens (including phenoxy) is 1. The summed E-state index contributed by atoms with van der Waals surface area (Å²) in [4.78, 5) is 48.2. The molecule has 3 rings (SSSR count). The van der Waals surface area contributed by atoms with Gasteiger partial charge in [0.2, 0.25) is 5.95 Å². The molecule has 0 amide bonds. The second kappa shape index (κ2) is 9.58. The van der Waals surface area contributed by atoms with E-state index < -0.39 is 60.0 Å². The maximum atomic E-state index is 12.2. The normalized spacial score (nSPS) is 29.4. The molecule has 1 aliphatic rings. The molecule has 0 bridgehead atoms. The fourth-order valence-corrected chi connectivity index (χ4v) is 6.70. The number of rotatable bonds is 9. The smallest absolute Gasteiger partial charge is 0.396 e. The number of nitrogen functional groups attached to an aromatic ring is 1. The maximum absolute atomic E-state index is 12.2. The predicted molar refractivity (Wildman–Crippen MR) is 112 cm³/mol. The molecule has 3 heterocycles. The van der Waals surface area contributed by atoms with Crippen molar-refractivity contribution in [1.29, 1.82) is 0 Å². The van der Waals surface area contributed by atoms with E-state index in [-0.39, 0.29) is 17.1 Å². The van der Waals surface area contributed by atoms with E-state index in [9.17, 15) is 33.7 Å². The number of anilines is 1. The van der Waals surface area contributed by atoms with E-state index in [4.69, 9.17) is 31.2 Å². The largest absolute Gasteiger partial charge is 0.490 e. The minimum absolute atomic E-state index is 0.0917. The molecule has 4 unspecified atom stereocenters. The van der Waals surface area contributed by atoms with Gasteiger partial charge in [-0.05, 0) is 6.92 Å². The SMILES string of the molecule is C#CC1(O)C(CO)[C@@H]([C@@H](C)OP(=O)(O)OP(=O)(O)OP(=O)(O)O)O[C@H]1n1cnc2cnc(N)nc21. The molecule has 0 aliphatic carbocycles. The number of imidazole rings is 1. The summed E-state index contributed by atoms with van der Waals surface area (Å²) < 4.78 is 53.6. The molecule has 18 nitrogen and oxygen atoms in total. The molecular weight excluding hydrogens is 539 g/mol. The Balaban J connectivity index is 1.90. The standard InChI is InChI=1S/C14H20N5O13P3/c1-3-14(21)8(5-20)10(7(2)30-34(25,26)32-35(27,28)31-33(22,23)24)29-12(14)19-6-17-9-4-16-13(15)18-11(9)19/h1,4,6-8,10,12,20-21H,5H2,2H3,(H,25,26)(H,27,28)(H2,15,16,18)(H2,22,23,24)/t7-,8?,10-,12-,14?/m1/s1. The van der Waals surface area contributed by atoms with Gasteiger partial charge in [-0.15, -0.1) is 6.42 Å². The Kier molecular flexibility index (Phi) is 7.60. The molecule has 1 aliphatic heterocycles. The van der Waals surface area contributed by atoms with Gasteiger partial charge in [0.05, 0.1) is 37.3 Å². The van der Waals surface area contributed by atoms with Crippen LogP contribution in [-0.4, -0.2) is 73.7 Å². The highest BCUT2D eigenvalue weighted by Gasteiger charge is 2.58. The van der Waals surface area contributed by atoms with Crippen molar-refractivity contribution in [2.75, 3.05) is 12.3 Å². The molecule has 2 aromatic rings. The zero-order chi connectivity index (χ0) is 26.4. The molecule has 0 aromatic carbocycles. The first-order valence-electron chi connectivity index (χ1n) is 9.25. The lowest BCUT2D eigenvalue weighted by Crippen LogP contribution is -2.45. The first kappa shape index (κ1) is 27.8. The van der Waals surface area contributed by atoms with Crippen molar-refractivity contribution in [2.45, 2.75) is 31.0 Å². The quantitative estimate of drug-likeness (QED) is 0.143. The lowest BCUT2D eigenvalue weighted by Gasteiger charge is -2.29. The summed E-state index contributed by atoms with van der Waals surface area (Å²) >= 11 is 0. The summed E-state index contributed by atoms with van der Waals surface area (Å²) in [6.45, 7) is 0.285. The number of aliphatic hydroxyl groups excluding tert-OH is 1. The van der Waals surface area contributed by atoms with Gasteiger partial charge < -0.3 is 40.3 Å². The zero-order valence-corrected chi connectivity index (χ0v) is 20.2. The molecule has 7 atom stereocenters. The summed E-state index contributed by atoms with van der Waals surface area (Å²) in [5.74, 6) is 0.603. The van der Waals surface area contributed by atoms with Crippen LogP contribution in [0.2, 0.25) is 0 Å². The van der Waals surface area contributed by atoms with E-state index >= 15 is 0 Å². The lowest BCUT2D eigenvalue weighted by atomic mass is 9.84. The number of nitrogens with two attached hydrogens (primary N) is 1. The average molecular weight is 559 g/mol. The van der Waals surface area contributed by atoms with E-state index in [1.165, 1.54) is 17.1 Å². The Hall–Kier alpha value is -1.80. The Morgan fingerprint density at radius 3 is 2.49 bits per heavy atom. The Labute approximate surface area is 196 Å². The number of fused-ring (bicyclic) bond motifs is 1. The fourth-order valence-electron chi connectivity index (χ4n) is 3.50. The van der Waals surface area contributed by atoms with Gasteiger partial charge in [0.25, 0.3) is 0 Å². The van der Waals surface area contributed by atoms with Gasteiger partial charge in [-0.1, -0.05) is 5.92 Å². The van der Waals surface area contributed by atoms with E-state index in [0.717, 1.165) is 6.92 Å². The third-order valence-corrected chi connectivity index (χ3v) is 8.74. The zero-order valence-electron chi connectivity index (χ0n) is 17.5. The van der Waals surface area contributed by atoms with Crippen molar-refractivity contribution >= 4 is 40.6 Å². The van der Waals surface area contributed by atoms with Crippen LogP contribution >= 0.6 is 23.5 Å². The van der Waals surface area contributed by atoms with Crippen LogP contribution in [0.25, 0.3) is 11.2 Å². The summed E-state index contributed by atoms with van der Waals surface area (Å²) in [6.07, 6.45) is 3.48. The van der Waals surface area contributed by atoms with Gasteiger partial charge in [-0.3, -0.25) is 9.09 Å². The third-order valence-electron chi connectivity index (χ3n) is 4.82. The van der Waals surface area contributed by atoms with Crippen LogP contribution in [0.1, 0.15) is 13.2 Å². The van der Waals surface area contributed by atoms with Crippen molar-refractivity contribution in [3.63, 3.8) is 0 Å². The number of aliphatic hydroxyl groups is 2. The van der Waals surface area contributed by atoms with Gasteiger partial charge in [0.1, 0.15) is 5.52 Å². The molecule has 2 aromatic heterocycles. The third kappa shape index (κ3) is 5.96. The molecule has 35 heavy (non-hydrogen) atoms. The number of nitrogens with zero attached hydrogens (tertiary/aromatic N) is 4. The topological polar surface area (TPSA) is 279 Å². The number of phosphoric acid groups is 3. The van der Waals surface area contributed by atoms with E-state index in [0.29, 0.717) is 0 Å². The van der Waals surface area contributed by atoms with E-state index in [1.54, 1.807) is 0 Å². The van der Waals surface area contributed by atoms with Gasteiger partial charge in [0.15, 0.2) is 17.5 Å². The molecule has 1 fully saturated rings. The van der Waals surface area contributed by atoms with Gasteiger partial charge in [0, 0.05) is 0 Å². The number of hydrogen-bond donors (Lipinski definition) is 7. The van der Waals surface area contributed by atoms with Crippen LogP contribution in [0.3, 0.4) is 0 Å². The second-order valence-electron chi connectivity index (χ2n) is 7.20. The number of terminal acetylenes is 1. The first-order chi connectivity index (χ1) is 16.0. The fraction of sp³-hybridized carbons (Fsp3) is 0.500. The lowest BCUT2D eigenvalue weighted by molar-refractivity contribution is -0.0830. The van der Waals surface area contributed by atoms with Crippen molar-refractivity contribution in [1.82, 2.24) is 19.5 Å². The van der Waals surface area contributed by atoms with Crippen molar-refractivity contribution in [2.24, 2.45) is 5.92 Å². The molecule has 0 radical (unpaired) electrons. The van der Waals surface area contributed by atoms with Crippen molar-refractivity contribution in [3.05, 3.63) is 12.5 Å². The van der Waals surface area contributed by atoms with Gasteiger partial charge >= 0.3 is 23.5 Å². The molecule has 1 saturated heterocycles. The average Bonchev–Trinajstić information content (AvgIpc) is 3.22. The summed E-state index contributed by atoms with van der Waals surface area (Å²) in [5.41, 5.74) is 3.67. The van der Waals surface area contributed by atoms with E-state index in [1.807, 2.05) is 0 Å². The number of phosphoric ester groups is 1. The molecular formula is C14H20N5O13P3. The summed E-state index contributed by atoms with van der Waals surface area (Å²) in [5, 5.41) is 21.1. The Morgan fingerprint density at radius 1 is 1.26 bits per heavy atom. The van der Waals surface area contributed by atoms with Crippen LogP contribution in [0, 0.1) is 18.3 Å². The summed E-state index contributed by atoms with van der Waals surface area (Å²) in [7, 11) is -16.9. The molecule has 0 saturated carbocycles. The molecule has 8 N–H and O–H groups in total. The molecule has 21 heteroatoms. The first-order valence-corrected chi connectivity index (χ1v) is 13.8. The van der Waals surface area contributed by atoms with Crippen LogP contribution in [0.15, 0.2) is 12.5 Å². The minimum Gasteiger partial charge on any atom is -0.396 e. The maximum Gasteiger partial charge on any atom is 0.490 e. The monoisotopic (exact) mass is 559 g/mol. The van der Waals surface area contributed by atoms with Crippen LogP contribution < -0.4 is 5.73 Å².